The summed E-state index contributed by atoms with van der Waals surface area (Å²) in [7, 11) is 0. The molecule has 0 aliphatic carbocycles. The third kappa shape index (κ3) is 3.46. The molecule has 9 heteroatoms. The van der Waals surface area contributed by atoms with Gasteiger partial charge in [0.2, 0.25) is 0 Å². The van der Waals surface area contributed by atoms with Gasteiger partial charge in [-0.3, -0.25) is 15.1 Å². The molecule has 1 aromatic rings. The summed E-state index contributed by atoms with van der Waals surface area (Å²) in [5, 5.41) is 21.1. The van der Waals surface area contributed by atoms with E-state index in [4.69, 9.17) is 0 Å². The van der Waals surface area contributed by atoms with E-state index in [-0.39, 0.29) is 12.4 Å². The Hall–Kier alpha value is -2.58. The lowest BCUT2D eigenvalue weighted by Gasteiger charge is -2.27. The van der Waals surface area contributed by atoms with Crippen LogP contribution in [0.1, 0.15) is 12.0 Å². The van der Waals surface area contributed by atoms with E-state index in [1.54, 1.807) is 6.07 Å². The van der Waals surface area contributed by atoms with Crippen LogP contribution in [0.15, 0.2) is 23.3 Å². The Morgan fingerprint density at radius 2 is 2.10 bits per heavy atom. The Balaban J connectivity index is 2.07. The number of hydrogen-bond acceptors (Lipinski definition) is 7. The molecule has 106 valence electrons. The van der Waals surface area contributed by atoms with Gasteiger partial charge in [-0.25, -0.2) is 0 Å². The molecule has 0 radical (unpaired) electrons. The van der Waals surface area contributed by atoms with E-state index >= 15 is 0 Å². The number of hydrogen-bond donors (Lipinski definition) is 0. The molecule has 2 rings (SSSR count). The number of pyridine rings is 1. The molecular weight excluding hydrogens is 266 g/mol. The number of nitro groups is 2. The summed E-state index contributed by atoms with van der Waals surface area (Å²) in [5.41, 5.74) is 0.758. The molecule has 0 fully saturated rings. The molecule has 0 bridgehead atoms. The summed E-state index contributed by atoms with van der Waals surface area (Å²) in [4.78, 5) is 29.8. The molecule has 0 atom stereocenters. The van der Waals surface area contributed by atoms with Crippen LogP contribution in [0.5, 0.6) is 0 Å². The molecule has 0 aromatic carbocycles. The number of amidine groups is 1. The topological polar surface area (TPSA) is 115 Å². The summed E-state index contributed by atoms with van der Waals surface area (Å²) in [6, 6.07) is 2.92. The van der Waals surface area contributed by atoms with Gasteiger partial charge in [-0.1, -0.05) is 0 Å². The molecule has 0 amide bonds. The van der Waals surface area contributed by atoms with Crippen molar-refractivity contribution in [3.63, 3.8) is 0 Å². The molecule has 0 saturated heterocycles. The van der Waals surface area contributed by atoms with Gasteiger partial charge < -0.3 is 15.0 Å². The second kappa shape index (κ2) is 6.04. The molecule has 9 nitrogen and oxygen atoms in total. The predicted octanol–water partition coefficient (Wildman–Crippen LogP) is 0.871. The lowest BCUT2D eigenvalue weighted by molar-refractivity contribution is -0.464. The first-order valence-corrected chi connectivity index (χ1v) is 6.05. The van der Waals surface area contributed by atoms with Crippen molar-refractivity contribution in [1.29, 1.82) is 0 Å². The largest absolute Gasteiger partial charge is 0.363 e. The van der Waals surface area contributed by atoms with Crippen molar-refractivity contribution in [3.05, 3.63) is 44.1 Å². The third-order valence-electron chi connectivity index (χ3n) is 2.89. The zero-order chi connectivity index (χ0) is 14.5. The molecule has 0 N–H and O–H groups in total. The van der Waals surface area contributed by atoms with Crippen LogP contribution >= 0.6 is 0 Å². The van der Waals surface area contributed by atoms with Gasteiger partial charge in [-0.15, -0.1) is 0 Å². The monoisotopic (exact) mass is 279 g/mol. The highest BCUT2D eigenvalue weighted by molar-refractivity contribution is 5.83. The quantitative estimate of drug-likeness (QED) is 0.583. The van der Waals surface area contributed by atoms with Crippen LogP contribution in [0.25, 0.3) is 0 Å². The Morgan fingerprint density at radius 1 is 1.30 bits per heavy atom. The van der Waals surface area contributed by atoms with Crippen LogP contribution in [0.3, 0.4) is 0 Å². The van der Waals surface area contributed by atoms with Gasteiger partial charge in [-0.2, -0.15) is 0 Å². The van der Waals surface area contributed by atoms with Crippen LogP contribution in [0, 0.1) is 20.2 Å². The van der Waals surface area contributed by atoms with Crippen LogP contribution in [-0.4, -0.2) is 45.2 Å². The molecule has 1 aromatic heterocycles. The van der Waals surface area contributed by atoms with Crippen molar-refractivity contribution < 1.29 is 9.85 Å². The molecule has 2 heterocycles. The maximum atomic E-state index is 10.6. The first-order valence-electron chi connectivity index (χ1n) is 6.05. The normalized spacial score (nSPS) is 14.8. The summed E-state index contributed by atoms with van der Waals surface area (Å²) in [5.74, 6) is 0.228. The second-order valence-corrected chi connectivity index (χ2v) is 4.35. The maximum Gasteiger partial charge on any atom is 0.363 e. The minimum atomic E-state index is -0.565. The maximum absolute atomic E-state index is 10.6. The average molecular weight is 279 g/mol. The van der Waals surface area contributed by atoms with E-state index in [9.17, 15) is 20.2 Å². The first kappa shape index (κ1) is 13.8. The first-order chi connectivity index (χ1) is 9.56. The predicted molar refractivity (Wildman–Crippen MR) is 70.1 cm³/mol. The summed E-state index contributed by atoms with van der Waals surface area (Å²) < 4.78 is 0. The number of aromatic nitrogens is 1. The zero-order valence-corrected chi connectivity index (χ0v) is 10.6. The Kier molecular flexibility index (Phi) is 4.18. The summed E-state index contributed by atoms with van der Waals surface area (Å²) in [6.07, 6.45) is 2.25. The fourth-order valence-electron chi connectivity index (χ4n) is 1.97. The lowest BCUT2D eigenvalue weighted by Crippen LogP contribution is -2.39. The van der Waals surface area contributed by atoms with E-state index in [1.807, 2.05) is 4.90 Å². The zero-order valence-electron chi connectivity index (χ0n) is 10.6. The molecule has 20 heavy (non-hydrogen) atoms. The Morgan fingerprint density at radius 3 is 2.70 bits per heavy atom. The number of aliphatic imine (C=N–C) groups is 1. The van der Waals surface area contributed by atoms with Gasteiger partial charge in [-0.05, 0) is 22.4 Å². The van der Waals surface area contributed by atoms with Gasteiger partial charge in [0.05, 0.1) is 0 Å². The highest BCUT2D eigenvalue weighted by atomic mass is 16.6. The SMILES string of the molecule is O=[N+]([O-])CC1=NCCCN1Cc1ccc([N+](=O)[O-])nc1. The van der Waals surface area contributed by atoms with Gasteiger partial charge in [0.25, 0.3) is 6.54 Å². The molecule has 1 aliphatic heterocycles. The van der Waals surface area contributed by atoms with Crippen molar-refractivity contribution in [2.45, 2.75) is 13.0 Å². The number of nitrogens with zero attached hydrogens (tertiary/aromatic N) is 5. The van der Waals surface area contributed by atoms with Crippen molar-refractivity contribution in [2.75, 3.05) is 19.6 Å². The Labute approximate surface area is 114 Å². The van der Waals surface area contributed by atoms with Gasteiger partial charge in [0, 0.05) is 36.2 Å². The van der Waals surface area contributed by atoms with E-state index < -0.39 is 9.85 Å². The Bertz CT molecular complexity index is 542. The lowest BCUT2D eigenvalue weighted by atomic mass is 10.2. The van der Waals surface area contributed by atoms with Crippen molar-refractivity contribution in [3.8, 4) is 0 Å². The minimum absolute atomic E-state index is 0.216. The second-order valence-electron chi connectivity index (χ2n) is 4.35. The fraction of sp³-hybridized carbons (Fsp3) is 0.455. The van der Waals surface area contributed by atoms with E-state index in [2.05, 4.69) is 9.98 Å². The smallest absolute Gasteiger partial charge is 0.358 e. The van der Waals surface area contributed by atoms with Crippen LogP contribution < -0.4 is 0 Å². The summed E-state index contributed by atoms with van der Waals surface area (Å²) >= 11 is 0. The molecule has 1 aliphatic rings. The van der Waals surface area contributed by atoms with E-state index in [0.29, 0.717) is 25.5 Å². The van der Waals surface area contributed by atoms with Gasteiger partial charge in [0.15, 0.2) is 5.84 Å². The van der Waals surface area contributed by atoms with Crippen molar-refractivity contribution >= 4 is 11.7 Å². The summed E-state index contributed by atoms with van der Waals surface area (Å²) in [6.45, 7) is 1.39. The van der Waals surface area contributed by atoms with Crippen molar-refractivity contribution in [2.24, 2.45) is 4.99 Å². The standard InChI is InChI=1S/C11H13N5O4/c17-15(18)8-11-12-4-1-5-14(11)7-9-2-3-10(13-6-9)16(19)20/h2-3,6H,1,4-5,7-8H2. The highest BCUT2D eigenvalue weighted by Crippen LogP contribution is 2.12. The van der Waals surface area contributed by atoms with E-state index in [0.717, 1.165) is 12.0 Å². The van der Waals surface area contributed by atoms with Crippen LogP contribution in [0.4, 0.5) is 5.82 Å². The molecule has 0 saturated carbocycles. The van der Waals surface area contributed by atoms with E-state index in [1.165, 1.54) is 12.3 Å². The highest BCUT2D eigenvalue weighted by Gasteiger charge is 2.20. The van der Waals surface area contributed by atoms with Crippen LogP contribution in [-0.2, 0) is 6.54 Å². The minimum Gasteiger partial charge on any atom is -0.358 e. The molecule has 0 unspecified atom stereocenters. The fourth-order valence-corrected chi connectivity index (χ4v) is 1.97. The van der Waals surface area contributed by atoms with Gasteiger partial charge in [0.1, 0.15) is 6.20 Å². The van der Waals surface area contributed by atoms with Crippen molar-refractivity contribution in [1.82, 2.24) is 9.88 Å². The third-order valence-corrected chi connectivity index (χ3v) is 2.89. The number of rotatable bonds is 5. The molecule has 0 spiro atoms. The van der Waals surface area contributed by atoms with Crippen LogP contribution in [0.2, 0.25) is 0 Å². The van der Waals surface area contributed by atoms with Gasteiger partial charge >= 0.3 is 5.82 Å². The molecular formula is C11H13N5O4. The average Bonchev–Trinajstić information content (AvgIpc) is 2.41.